The molecule has 0 heterocycles. The Bertz CT molecular complexity index is 511. The largest absolute Gasteiger partial charge is 0.457 e. The fourth-order valence-corrected chi connectivity index (χ4v) is 1.66. The Hall–Kier alpha value is -2.55. The van der Waals surface area contributed by atoms with Crippen molar-refractivity contribution in [3.63, 3.8) is 0 Å². The molecule has 2 rings (SSSR count). The minimum Gasteiger partial charge on any atom is -0.457 e. The molecule has 0 unspecified atom stereocenters. The first-order valence-corrected chi connectivity index (χ1v) is 6.43. The van der Waals surface area contributed by atoms with Crippen molar-refractivity contribution < 1.29 is 9.53 Å². The number of ether oxygens (including phenoxy) is 1. The summed E-state index contributed by atoms with van der Waals surface area (Å²) in [5.74, 6) is -0.378. The maximum Gasteiger partial charge on any atom is 0.335 e. The van der Waals surface area contributed by atoms with Gasteiger partial charge >= 0.3 is 5.97 Å². The number of rotatable bonds is 6. The van der Waals surface area contributed by atoms with Crippen molar-refractivity contribution in [3.8, 4) is 0 Å². The Balaban J connectivity index is 1.76. The zero-order valence-corrected chi connectivity index (χ0v) is 11.2. The highest BCUT2D eigenvalue weighted by molar-refractivity contribution is 5.88. The van der Waals surface area contributed by atoms with Gasteiger partial charge in [0.25, 0.3) is 0 Å². The second-order valence-corrected chi connectivity index (χ2v) is 4.38. The van der Waals surface area contributed by atoms with Gasteiger partial charge in [-0.2, -0.15) is 0 Å². The van der Waals surface area contributed by atoms with Gasteiger partial charge in [-0.25, -0.2) is 4.79 Å². The number of benzene rings is 2. The van der Waals surface area contributed by atoms with Gasteiger partial charge in [-0.3, -0.25) is 0 Å². The van der Waals surface area contributed by atoms with E-state index in [2.05, 4.69) is 11.9 Å². The van der Waals surface area contributed by atoms with Gasteiger partial charge in [0.15, 0.2) is 0 Å². The predicted octanol–water partition coefficient (Wildman–Crippen LogP) is 3.40. The summed E-state index contributed by atoms with van der Waals surface area (Å²) in [7, 11) is 0. The van der Waals surface area contributed by atoms with Crippen LogP contribution in [0.1, 0.15) is 5.56 Å². The number of nitrogens with one attached hydrogen (secondary N) is 1. The van der Waals surface area contributed by atoms with Crippen LogP contribution in [-0.2, 0) is 16.1 Å². The zero-order valence-electron chi connectivity index (χ0n) is 11.2. The molecular formula is C17H17NO2. The molecule has 2 aromatic carbocycles. The third-order valence-electron chi connectivity index (χ3n) is 2.78. The summed E-state index contributed by atoms with van der Waals surface area (Å²) in [6.45, 7) is 4.39. The quantitative estimate of drug-likeness (QED) is 0.644. The van der Waals surface area contributed by atoms with Gasteiger partial charge in [-0.15, -0.1) is 0 Å². The van der Waals surface area contributed by atoms with Crippen molar-refractivity contribution in [2.24, 2.45) is 0 Å². The lowest BCUT2D eigenvalue weighted by Gasteiger charge is -2.09. The summed E-state index contributed by atoms with van der Waals surface area (Å²) in [6.07, 6.45) is 0. The minimum atomic E-state index is -0.378. The smallest absolute Gasteiger partial charge is 0.335 e. The number of hydrogen-bond acceptors (Lipinski definition) is 3. The Morgan fingerprint density at radius 3 is 2.25 bits per heavy atom. The first-order valence-electron chi connectivity index (χ1n) is 6.43. The fraction of sp³-hybridized carbons (Fsp3) is 0.118. The molecule has 0 aromatic heterocycles. The average Bonchev–Trinajstić information content (AvgIpc) is 2.52. The van der Waals surface area contributed by atoms with Crippen LogP contribution in [0.25, 0.3) is 0 Å². The van der Waals surface area contributed by atoms with E-state index < -0.39 is 0 Å². The second kappa shape index (κ2) is 7.14. The number of esters is 1. The van der Waals surface area contributed by atoms with Gasteiger partial charge in [-0.05, 0) is 17.7 Å². The van der Waals surface area contributed by atoms with E-state index in [1.807, 2.05) is 60.7 Å². The van der Waals surface area contributed by atoms with Crippen molar-refractivity contribution >= 4 is 11.7 Å². The van der Waals surface area contributed by atoms with Gasteiger partial charge in [0, 0.05) is 17.8 Å². The van der Waals surface area contributed by atoms with Gasteiger partial charge in [0.1, 0.15) is 6.61 Å². The van der Waals surface area contributed by atoms with Crippen LogP contribution in [0.4, 0.5) is 5.69 Å². The Labute approximate surface area is 118 Å². The normalized spacial score (nSPS) is 9.80. The molecule has 0 aliphatic heterocycles. The molecule has 0 aliphatic rings. The maximum absolute atomic E-state index is 11.8. The second-order valence-electron chi connectivity index (χ2n) is 4.38. The number of carbonyl (C=O) groups is 1. The summed E-state index contributed by atoms with van der Waals surface area (Å²) in [5.41, 5.74) is 2.32. The van der Waals surface area contributed by atoms with Crippen LogP contribution in [0.2, 0.25) is 0 Å². The molecular weight excluding hydrogens is 250 g/mol. The highest BCUT2D eigenvalue weighted by Gasteiger charge is 2.08. The van der Waals surface area contributed by atoms with Crippen LogP contribution < -0.4 is 5.32 Å². The van der Waals surface area contributed by atoms with Crippen LogP contribution in [-0.4, -0.2) is 12.5 Å². The first-order chi connectivity index (χ1) is 9.75. The van der Waals surface area contributed by atoms with Gasteiger partial charge < -0.3 is 10.1 Å². The molecule has 0 spiro atoms. The first kappa shape index (κ1) is 13.9. The van der Waals surface area contributed by atoms with E-state index in [1.165, 1.54) is 0 Å². The van der Waals surface area contributed by atoms with Gasteiger partial charge in [0.05, 0.1) is 0 Å². The molecule has 3 heteroatoms. The van der Waals surface area contributed by atoms with Crippen LogP contribution in [0.3, 0.4) is 0 Å². The molecule has 0 bridgehead atoms. The Kier molecular flexibility index (Phi) is 4.95. The van der Waals surface area contributed by atoms with E-state index >= 15 is 0 Å². The molecule has 0 saturated heterocycles. The minimum absolute atomic E-state index is 0.268. The van der Waals surface area contributed by atoms with Crippen molar-refractivity contribution in [1.29, 1.82) is 0 Å². The van der Waals surface area contributed by atoms with Crippen LogP contribution in [0.5, 0.6) is 0 Å². The summed E-state index contributed by atoms with van der Waals surface area (Å²) < 4.78 is 5.20. The van der Waals surface area contributed by atoms with Crippen molar-refractivity contribution in [2.75, 3.05) is 11.9 Å². The topological polar surface area (TPSA) is 38.3 Å². The highest BCUT2D eigenvalue weighted by Crippen LogP contribution is 2.07. The lowest BCUT2D eigenvalue weighted by molar-refractivity contribution is -0.140. The van der Waals surface area contributed by atoms with Gasteiger partial charge in [0.2, 0.25) is 0 Å². The van der Waals surface area contributed by atoms with Gasteiger partial charge in [-0.1, -0.05) is 55.1 Å². The standard InChI is InChI=1S/C17H17NO2/c1-14(12-18-16-10-6-3-7-11-16)17(19)20-13-15-8-4-2-5-9-15/h2-11,18H,1,12-13H2. The molecule has 0 aliphatic carbocycles. The lowest BCUT2D eigenvalue weighted by atomic mass is 10.2. The molecule has 0 saturated carbocycles. The van der Waals surface area contributed by atoms with Crippen LogP contribution in [0, 0.1) is 0 Å². The van der Waals surface area contributed by atoms with E-state index in [0.717, 1.165) is 11.3 Å². The van der Waals surface area contributed by atoms with E-state index in [0.29, 0.717) is 12.1 Å². The molecule has 20 heavy (non-hydrogen) atoms. The Morgan fingerprint density at radius 2 is 1.60 bits per heavy atom. The number of para-hydroxylation sites is 1. The number of hydrogen-bond donors (Lipinski definition) is 1. The monoisotopic (exact) mass is 267 g/mol. The van der Waals surface area contributed by atoms with Crippen LogP contribution in [0.15, 0.2) is 72.8 Å². The summed E-state index contributed by atoms with van der Waals surface area (Å²) in [4.78, 5) is 11.8. The van der Waals surface area contributed by atoms with E-state index in [-0.39, 0.29) is 12.6 Å². The van der Waals surface area contributed by atoms with E-state index in [1.54, 1.807) is 0 Å². The SMILES string of the molecule is C=C(CNc1ccccc1)C(=O)OCc1ccccc1. The molecule has 0 atom stereocenters. The predicted molar refractivity (Wildman–Crippen MR) is 80.3 cm³/mol. The van der Waals surface area contributed by atoms with Crippen LogP contribution >= 0.6 is 0 Å². The summed E-state index contributed by atoms with van der Waals surface area (Å²) in [5, 5.41) is 3.12. The maximum atomic E-state index is 11.8. The molecule has 102 valence electrons. The fourth-order valence-electron chi connectivity index (χ4n) is 1.66. The molecule has 0 amide bonds. The third kappa shape index (κ3) is 4.28. The van der Waals surface area contributed by atoms with E-state index in [4.69, 9.17) is 4.74 Å². The van der Waals surface area contributed by atoms with E-state index in [9.17, 15) is 4.79 Å². The summed E-state index contributed by atoms with van der Waals surface area (Å²) in [6, 6.07) is 19.2. The number of anilines is 1. The molecule has 0 fully saturated rings. The highest BCUT2D eigenvalue weighted by atomic mass is 16.5. The zero-order chi connectivity index (χ0) is 14.2. The van der Waals surface area contributed by atoms with Crippen molar-refractivity contribution in [3.05, 3.63) is 78.4 Å². The molecule has 2 aromatic rings. The Morgan fingerprint density at radius 1 is 1.00 bits per heavy atom. The third-order valence-corrected chi connectivity index (χ3v) is 2.78. The lowest BCUT2D eigenvalue weighted by Crippen LogP contribution is -2.14. The van der Waals surface area contributed by atoms with Crippen molar-refractivity contribution in [2.45, 2.75) is 6.61 Å². The average molecular weight is 267 g/mol. The molecule has 3 nitrogen and oxygen atoms in total. The summed E-state index contributed by atoms with van der Waals surface area (Å²) >= 11 is 0. The molecule has 0 radical (unpaired) electrons. The van der Waals surface area contributed by atoms with Crippen molar-refractivity contribution in [1.82, 2.24) is 0 Å². The number of carbonyl (C=O) groups excluding carboxylic acids is 1. The molecule has 1 N–H and O–H groups in total.